The van der Waals surface area contributed by atoms with Gasteiger partial charge in [-0.2, -0.15) is 5.75 Å². The normalized spacial score (nSPS) is 9.94. The van der Waals surface area contributed by atoms with Crippen molar-refractivity contribution < 1.29 is 68.9 Å². The third-order valence-corrected chi connectivity index (χ3v) is 3.13. The third kappa shape index (κ3) is 7.14. The van der Waals surface area contributed by atoms with Crippen LogP contribution in [-0.2, 0) is 19.0 Å². The first-order valence-electron chi connectivity index (χ1n) is 5.88. The van der Waals surface area contributed by atoms with Crippen LogP contribution in [0.4, 0.5) is 0 Å². The molecule has 0 saturated heterocycles. The summed E-state index contributed by atoms with van der Waals surface area (Å²) in [4.78, 5) is 0. The SMILES string of the molecule is Cc1ccc(C)c(CCCCCC[S-])c1.[Cs+]. The van der Waals surface area contributed by atoms with Crippen molar-refractivity contribution in [2.75, 3.05) is 5.75 Å². The summed E-state index contributed by atoms with van der Waals surface area (Å²) in [5, 5.41) is 0. The summed E-state index contributed by atoms with van der Waals surface area (Å²) in [6.45, 7) is 4.37. The number of rotatable bonds is 6. The molecular weight excluding hydrogens is 333 g/mol. The van der Waals surface area contributed by atoms with E-state index < -0.39 is 0 Å². The first kappa shape index (κ1) is 17.6. The summed E-state index contributed by atoms with van der Waals surface area (Å²) >= 11 is 4.93. The largest absolute Gasteiger partial charge is 1.00 e. The number of unbranched alkanes of at least 4 members (excludes halogenated alkanes) is 3. The molecule has 0 aliphatic carbocycles. The minimum atomic E-state index is 0. The molecule has 0 saturated carbocycles. The number of benzene rings is 1. The molecule has 1 aromatic rings. The number of hydrogen-bond donors (Lipinski definition) is 0. The second-order valence-electron chi connectivity index (χ2n) is 4.30. The van der Waals surface area contributed by atoms with Crippen molar-refractivity contribution in [2.45, 2.75) is 46.0 Å². The maximum Gasteiger partial charge on any atom is 1.00 e. The van der Waals surface area contributed by atoms with Crippen LogP contribution in [0.5, 0.6) is 0 Å². The number of aryl methyl sites for hydroxylation is 3. The van der Waals surface area contributed by atoms with Crippen molar-refractivity contribution in [3.8, 4) is 0 Å². The van der Waals surface area contributed by atoms with Gasteiger partial charge in [0.1, 0.15) is 0 Å². The average Bonchev–Trinajstić information content (AvgIpc) is 2.23. The van der Waals surface area contributed by atoms with Crippen molar-refractivity contribution in [1.82, 2.24) is 0 Å². The smallest absolute Gasteiger partial charge is 0.793 e. The first-order valence-corrected chi connectivity index (χ1v) is 6.46. The van der Waals surface area contributed by atoms with Gasteiger partial charge in [-0.05, 0) is 37.8 Å². The molecular formula is C14H21CsS. The predicted molar refractivity (Wildman–Crippen MR) is 70.3 cm³/mol. The number of hydrogen-bond acceptors (Lipinski definition) is 1. The van der Waals surface area contributed by atoms with Gasteiger partial charge in [0.25, 0.3) is 0 Å². The molecule has 0 atom stereocenters. The van der Waals surface area contributed by atoms with E-state index in [2.05, 4.69) is 32.0 Å². The third-order valence-electron chi connectivity index (χ3n) is 2.85. The monoisotopic (exact) mass is 354 g/mol. The molecule has 2 heteroatoms. The Bertz CT molecular complexity index is 297. The van der Waals surface area contributed by atoms with Crippen LogP contribution in [-0.4, -0.2) is 5.75 Å². The minimum absolute atomic E-state index is 0. The molecule has 0 heterocycles. The van der Waals surface area contributed by atoms with Crippen LogP contribution in [0.3, 0.4) is 0 Å². The Balaban J connectivity index is 0.00000225. The fourth-order valence-corrected chi connectivity index (χ4v) is 2.04. The molecule has 0 aromatic heterocycles. The van der Waals surface area contributed by atoms with E-state index in [9.17, 15) is 0 Å². The molecule has 0 spiro atoms. The Morgan fingerprint density at radius 3 is 2.38 bits per heavy atom. The van der Waals surface area contributed by atoms with Gasteiger partial charge in [-0.3, -0.25) is 0 Å². The summed E-state index contributed by atoms with van der Waals surface area (Å²) in [5.41, 5.74) is 4.33. The van der Waals surface area contributed by atoms with Crippen molar-refractivity contribution in [2.24, 2.45) is 0 Å². The molecule has 0 unspecified atom stereocenters. The summed E-state index contributed by atoms with van der Waals surface area (Å²) in [6.07, 6.45) is 6.37. The maximum absolute atomic E-state index is 4.93. The van der Waals surface area contributed by atoms with E-state index in [-0.39, 0.29) is 68.9 Å². The molecule has 0 fully saturated rings. The Morgan fingerprint density at radius 1 is 1.00 bits per heavy atom. The summed E-state index contributed by atoms with van der Waals surface area (Å²) in [5.74, 6) is 0.920. The van der Waals surface area contributed by atoms with Gasteiger partial charge in [0.2, 0.25) is 0 Å². The van der Waals surface area contributed by atoms with Crippen LogP contribution in [0, 0.1) is 13.8 Å². The molecule has 0 radical (unpaired) electrons. The summed E-state index contributed by atoms with van der Waals surface area (Å²) in [6, 6.07) is 6.74. The van der Waals surface area contributed by atoms with Crippen molar-refractivity contribution in [1.29, 1.82) is 0 Å². The van der Waals surface area contributed by atoms with E-state index in [4.69, 9.17) is 12.6 Å². The van der Waals surface area contributed by atoms with E-state index in [1.165, 1.54) is 48.8 Å². The van der Waals surface area contributed by atoms with E-state index in [0.717, 1.165) is 5.75 Å². The molecule has 0 amide bonds. The fourth-order valence-electron chi connectivity index (χ4n) is 1.84. The zero-order chi connectivity index (χ0) is 11.1. The van der Waals surface area contributed by atoms with Crippen LogP contribution < -0.4 is 68.9 Å². The van der Waals surface area contributed by atoms with Crippen molar-refractivity contribution in [3.05, 3.63) is 34.9 Å². The van der Waals surface area contributed by atoms with Crippen molar-refractivity contribution >= 4 is 12.6 Å². The van der Waals surface area contributed by atoms with Crippen LogP contribution in [0.1, 0.15) is 42.4 Å². The Kier molecular flexibility index (Phi) is 11.6. The molecule has 0 nitrogen and oxygen atoms in total. The van der Waals surface area contributed by atoms with Crippen LogP contribution in [0.15, 0.2) is 18.2 Å². The van der Waals surface area contributed by atoms with E-state index in [0.29, 0.717) is 0 Å². The quantitative estimate of drug-likeness (QED) is 0.542. The minimum Gasteiger partial charge on any atom is -0.793 e. The van der Waals surface area contributed by atoms with Crippen LogP contribution in [0.2, 0.25) is 0 Å². The average molecular weight is 354 g/mol. The van der Waals surface area contributed by atoms with Crippen molar-refractivity contribution in [3.63, 3.8) is 0 Å². The van der Waals surface area contributed by atoms with Gasteiger partial charge in [-0.15, -0.1) is 0 Å². The van der Waals surface area contributed by atoms with Crippen LogP contribution >= 0.6 is 0 Å². The van der Waals surface area contributed by atoms with Gasteiger partial charge in [0, 0.05) is 0 Å². The molecule has 84 valence electrons. The molecule has 0 aliphatic rings. The Hall–Kier alpha value is 1.62. The molecule has 0 bridgehead atoms. The van der Waals surface area contributed by atoms with Gasteiger partial charge in [-0.25, -0.2) is 0 Å². The Morgan fingerprint density at radius 2 is 1.69 bits per heavy atom. The molecule has 1 aromatic carbocycles. The molecule has 0 N–H and O–H groups in total. The first-order chi connectivity index (χ1) is 7.24. The molecule has 1 rings (SSSR count). The van der Waals surface area contributed by atoms with Gasteiger partial charge in [0.15, 0.2) is 0 Å². The summed E-state index contributed by atoms with van der Waals surface area (Å²) < 4.78 is 0. The van der Waals surface area contributed by atoms with Gasteiger partial charge in [-0.1, -0.05) is 43.0 Å². The fraction of sp³-hybridized carbons (Fsp3) is 0.571. The van der Waals surface area contributed by atoms with E-state index >= 15 is 0 Å². The van der Waals surface area contributed by atoms with E-state index in [1.807, 2.05) is 0 Å². The van der Waals surface area contributed by atoms with E-state index in [1.54, 1.807) is 0 Å². The summed E-state index contributed by atoms with van der Waals surface area (Å²) in [7, 11) is 0. The van der Waals surface area contributed by atoms with Crippen LogP contribution in [0.25, 0.3) is 0 Å². The second kappa shape index (κ2) is 10.5. The van der Waals surface area contributed by atoms with Gasteiger partial charge in [0.05, 0.1) is 0 Å². The molecule has 0 aliphatic heterocycles. The predicted octanol–water partition coefficient (Wildman–Crippen LogP) is 0.957. The van der Waals surface area contributed by atoms with Gasteiger partial charge >= 0.3 is 68.9 Å². The Labute approximate surface area is 165 Å². The maximum atomic E-state index is 4.93. The molecule has 16 heavy (non-hydrogen) atoms. The topological polar surface area (TPSA) is 0 Å². The zero-order valence-corrected chi connectivity index (χ0v) is 18.0. The zero-order valence-electron chi connectivity index (χ0n) is 10.9. The second-order valence-corrected chi connectivity index (χ2v) is 4.71. The standard InChI is InChI=1S/C14H22S.Cs/c1-12-8-9-13(2)14(11-12)7-5-3-4-6-10-15;/h8-9,11,15H,3-7,10H2,1-2H3;/q;+1/p-1. The van der Waals surface area contributed by atoms with Gasteiger partial charge < -0.3 is 12.6 Å².